The number of benzene rings is 5. The van der Waals surface area contributed by atoms with Crippen LogP contribution < -0.4 is 9.64 Å². The van der Waals surface area contributed by atoms with E-state index in [1.807, 2.05) is 65.6 Å². The Balaban J connectivity index is 1.23. The van der Waals surface area contributed by atoms with Gasteiger partial charge >= 0.3 is 12.1 Å². The third-order valence-corrected chi connectivity index (χ3v) is 15.5. The van der Waals surface area contributed by atoms with Crippen molar-refractivity contribution in [2.45, 2.75) is 112 Å². The second-order valence-electron chi connectivity index (χ2n) is 20.0. The summed E-state index contributed by atoms with van der Waals surface area (Å²) in [5.41, 5.74) is -0.236. The van der Waals surface area contributed by atoms with E-state index in [0.29, 0.717) is 66.8 Å². The summed E-state index contributed by atoms with van der Waals surface area (Å²) in [6.07, 6.45) is 6.82. The van der Waals surface area contributed by atoms with Crippen molar-refractivity contribution in [2.75, 3.05) is 31.2 Å². The highest BCUT2D eigenvalue weighted by Gasteiger charge is 2.76. The number of fused-ring (bicyclic) bond motifs is 3. The summed E-state index contributed by atoms with van der Waals surface area (Å²) in [6.45, 7) is 0.214. The number of carbonyl (C=O) groups excluding carboxylic acids is 4. The molecule has 1 spiro atoms. The van der Waals surface area contributed by atoms with Crippen LogP contribution in [0.1, 0.15) is 122 Å². The summed E-state index contributed by atoms with van der Waals surface area (Å²) in [6, 6.07) is 33.2. The lowest BCUT2D eigenvalue weighted by Crippen LogP contribution is -2.56. The summed E-state index contributed by atoms with van der Waals surface area (Å²) in [4.78, 5) is 79.5. The van der Waals surface area contributed by atoms with Gasteiger partial charge in [0.2, 0.25) is 11.8 Å². The van der Waals surface area contributed by atoms with Gasteiger partial charge in [0.15, 0.2) is 0 Å². The van der Waals surface area contributed by atoms with Crippen molar-refractivity contribution in [1.29, 1.82) is 0 Å². The molecule has 5 aromatic carbocycles. The van der Waals surface area contributed by atoms with Crippen molar-refractivity contribution in [3.63, 3.8) is 0 Å². The van der Waals surface area contributed by atoms with Crippen molar-refractivity contribution >= 4 is 35.3 Å². The molecule has 1 aliphatic carbocycles. The monoisotopic (exact) mass is 1000 g/mol. The normalized spacial score (nSPS) is 24.5. The number of cyclic esters (lactones) is 1. The minimum absolute atomic E-state index is 0.0236. The van der Waals surface area contributed by atoms with Crippen LogP contribution in [0.3, 0.4) is 0 Å². The molecule has 0 unspecified atom stereocenters. The number of nitrogens with zero attached hydrogens (tertiary/aromatic N) is 4. The average Bonchev–Trinajstić information content (AvgIpc) is 3.75. The molecule has 74 heavy (non-hydrogen) atoms. The lowest BCUT2D eigenvalue weighted by Gasteiger charge is -2.46. The number of ether oxygens (including phenoxy) is 3. The van der Waals surface area contributed by atoms with Gasteiger partial charge < -0.3 is 29.3 Å². The maximum Gasteiger partial charge on any atom is 0.421 e. The van der Waals surface area contributed by atoms with E-state index in [9.17, 15) is 20.3 Å². The smallest absolute Gasteiger partial charge is 0.421 e. The second-order valence-corrected chi connectivity index (χ2v) is 20.0. The number of imide groups is 1. The van der Waals surface area contributed by atoms with Crippen LogP contribution in [0.2, 0.25) is 0 Å². The number of morpholine rings is 1. The highest BCUT2D eigenvalue weighted by Crippen LogP contribution is 2.66. The highest BCUT2D eigenvalue weighted by molar-refractivity contribution is 6.23. The minimum Gasteiger partial charge on any atom is -0.491 e. The SMILES string of the molecule is O=C1O[C@@H](c2ccccc2)[C@@H](c2ccccc2)N2[C@@H](c3ccc(OCCO)cc3)[C@]3(C(=O)N(C(=O)OCc4ccc([N+](=O)[O-])cc4)c4ccc(C#CC5(O)CCCCCC5)cc43)[C@@H](C(=O)N3CCCCCCC3)[C@H]12. The van der Waals surface area contributed by atoms with E-state index in [1.54, 1.807) is 47.4 Å². The molecule has 0 radical (unpaired) electrons. The zero-order chi connectivity index (χ0) is 51.4. The van der Waals surface area contributed by atoms with E-state index >= 15 is 19.2 Å². The van der Waals surface area contributed by atoms with Gasteiger partial charge in [-0.05, 0) is 109 Å². The Kier molecular flexibility index (Phi) is 14.6. The molecule has 4 aliphatic heterocycles. The van der Waals surface area contributed by atoms with Gasteiger partial charge in [-0.15, -0.1) is 0 Å². The molecule has 0 bridgehead atoms. The number of non-ortho nitro benzene ring substituents is 1. The molecule has 10 rings (SSSR count). The molecule has 4 fully saturated rings. The van der Waals surface area contributed by atoms with E-state index in [2.05, 4.69) is 11.8 Å². The van der Waals surface area contributed by atoms with Gasteiger partial charge in [0.1, 0.15) is 42.1 Å². The van der Waals surface area contributed by atoms with E-state index in [0.717, 1.165) is 55.4 Å². The predicted molar refractivity (Wildman–Crippen MR) is 273 cm³/mol. The number of hydrogen-bond acceptors (Lipinski definition) is 12. The van der Waals surface area contributed by atoms with Crippen LogP contribution in [0.4, 0.5) is 16.2 Å². The number of nitro benzene ring substituents is 1. The lowest BCUT2D eigenvalue weighted by molar-refractivity contribution is -0.384. The number of aliphatic hydroxyl groups is 2. The number of nitro groups is 1. The maximum absolute atomic E-state index is 16.8. The second kappa shape index (κ2) is 21.6. The Morgan fingerprint density at radius 1 is 0.757 bits per heavy atom. The van der Waals surface area contributed by atoms with Crippen LogP contribution in [-0.4, -0.2) is 86.8 Å². The molecular weight excluding hydrogens is 941 g/mol. The van der Waals surface area contributed by atoms with Gasteiger partial charge in [0, 0.05) is 30.8 Å². The van der Waals surface area contributed by atoms with E-state index in [1.165, 1.54) is 24.3 Å². The number of aliphatic hydroxyl groups excluding tert-OH is 1. The zero-order valence-corrected chi connectivity index (χ0v) is 41.2. The van der Waals surface area contributed by atoms with Crippen LogP contribution in [0.5, 0.6) is 5.75 Å². The van der Waals surface area contributed by atoms with Gasteiger partial charge in [-0.2, -0.15) is 0 Å². The molecule has 4 heterocycles. The molecule has 0 aromatic heterocycles. The fourth-order valence-electron chi connectivity index (χ4n) is 12.1. The van der Waals surface area contributed by atoms with Crippen LogP contribution in [0.15, 0.2) is 127 Å². The molecule has 15 heteroatoms. The van der Waals surface area contributed by atoms with Crippen molar-refractivity contribution < 1.29 is 48.5 Å². The van der Waals surface area contributed by atoms with Crippen molar-refractivity contribution in [1.82, 2.24) is 9.80 Å². The number of hydrogen-bond donors (Lipinski definition) is 2. The number of anilines is 1. The number of likely N-dealkylation sites (tertiary alicyclic amines) is 1. The molecule has 6 atom stereocenters. The first-order valence-corrected chi connectivity index (χ1v) is 25.9. The number of esters is 1. The third kappa shape index (κ3) is 9.54. The Labute approximate surface area is 430 Å². The van der Waals surface area contributed by atoms with Gasteiger partial charge in [-0.1, -0.05) is 117 Å². The highest BCUT2D eigenvalue weighted by atomic mass is 16.6. The Morgan fingerprint density at radius 2 is 1.39 bits per heavy atom. The fourth-order valence-corrected chi connectivity index (χ4v) is 12.1. The van der Waals surface area contributed by atoms with Gasteiger partial charge in [0.05, 0.1) is 35.2 Å². The van der Waals surface area contributed by atoms with Crippen LogP contribution in [0.25, 0.3) is 0 Å². The zero-order valence-electron chi connectivity index (χ0n) is 41.2. The fraction of sp³-hybridized carbons (Fsp3) is 0.390. The van der Waals surface area contributed by atoms with Gasteiger partial charge in [-0.3, -0.25) is 29.4 Å². The molecule has 1 saturated carbocycles. The van der Waals surface area contributed by atoms with Gasteiger partial charge in [0.25, 0.3) is 5.69 Å². The predicted octanol–water partition coefficient (Wildman–Crippen LogP) is 9.20. The Morgan fingerprint density at radius 3 is 2.04 bits per heavy atom. The largest absolute Gasteiger partial charge is 0.491 e. The van der Waals surface area contributed by atoms with Crippen molar-refractivity contribution in [3.05, 3.63) is 171 Å². The Hall–Kier alpha value is -7.38. The summed E-state index contributed by atoms with van der Waals surface area (Å²) in [7, 11) is 0. The molecule has 2 N–H and O–H groups in total. The molecule has 5 aromatic rings. The Bertz CT molecular complexity index is 2930. The van der Waals surface area contributed by atoms with E-state index < -0.39 is 70.0 Å². The number of rotatable bonds is 10. The molecule has 3 amide bonds. The summed E-state index contributed by atoms with van der Waals surface area (Å²) < 4.78 is 18.5. The maximum atomic E-state index is 16.8. The molecule has 15 nitrogen and oxygen atoms in total. The summed E-state index contributed by atoms with van der Waals surface area (Å²) >= 11 is 0. The number of amides is 3. The van der Waals surface area contributed by atoms with E-state index in [4.69, 9.17) is 14.2 Å². The van der Waals surface area contributed by atoms with Crippen LogP contribution in [-0.2, 0) is 35.9 Å². The molecule has 382 valence electrons. The topological polar surface area (TPSA) is 189 Å². The first-order chi connectivity index (χ1) is 36.0. The summed E-state index contributed by atoms with van der Waals surface area (Å²) in [5.74, 6) is 3.43. The third-order valence-electron chi connectivity index (χ3n) is 15.5. The summed E-state index contributed by atoms with van der Waals surface area (Å²) in [5, 5.41) is 33.0. The first-order valence-electron chi connectivity index (χ1n) is 25.9. The standard InChI is InChI=1S/C59H60N4O11/c64-36-37-72-46-27-23-44(24-28-46)53-59(49(54(65)60-34-14-4-1-5-15-35-60)51-55(66)74-52(43-18-10-7-11-19-43)50(62(51)53)42-16-8-6-9-17-42)47-38-40(30-33-58(69)31-12-2-3-13-32-58)22-29-48(47)61(56(59)67)57(68)73-39-41-20-25-45(26-21-41)63(70)71/h6-11,16-29,38,49-53,64,69H,1-5,12-15,31-32,34-37,39H2/t49-,50-,51-,52+,53+,59-/m1/s1. The number of carbonyl (C=O) groups is 4. The van der Waals surface area contributed by atoms with Gasteiger partial charge in [-0.25, -0.2) is 9.69 Å². The van der Waals surface area contributed by atoms with Crippen molar-refractivity contribution in [3.8, 4) is 17.6 Å². The first kappa shape index (κ1) is 50.2. The minimum atomic E-state index is -2.06. The average molecular weight is 1000 g/mol. The van der Waals surface area contributed by atoms with Crippen LogP contribution >= 0.6 is 0 Å². The molecular formula is C59H60N4O11. The van der Waals surface area contributed by atoms with E-state index in [-0.39, 0.29) is 36.8 Å². The molecule has 3 saturated heterocycles. The van der Waals surface area contributed by atoms with Crippen molar-refractivity contribution in [2.24, 2.45) is 5.92 Å². The lowest BCUT2D eigenvalue weighted by atomic mass is 9.64. The van der Waals surface area contributed by atoms with Crippen LogP contribution in [0, 0.1) is 27.9 Å². The quantitative estimate of drug-likeness (QED) is 0.0444. The molecule has 5 aliphatic rings.